The number of benzene rings is 1. The molecule has 1 aliphatic rings. The molecule has 1 aromatic carbocycles. The number of nitrogens with zero attached hydrogens (tertiary/aromatic N) is 3. The number of aryl methyl sites for hydroxylation is 1. The minimum absolute atomic E-state index is 0.0564. The Balaban J connectivity index is 1.52. The maximum absolute atomic E-state index is 13.0. The van der Waals surface area contributed by atoms with Crippen molar-refractivity contribution in [1.82, 2.24) is 14.4 Å². The van der Waals surface area contributed by atoms with Crippen molar-refractivity contribution < 1.29 is 9.18 Å². The molecule has 0 bridgehead atoms. The average molecular weight is 385 g/mol. The Kier molecular flexibility index (Phi) is 6.62. The van der Waals surface area contributed by atoms with Gasteiger partial charge in [0.05, 0.1) is 5.56 Å². The van der Waals surface area contributed by atoms with Crippen molar-refractivity contribution in [3.8, 4) is 0 Å². The van der Waals surface area contributed by atoms with Crippen molar-refractivity contribution in [2.75, 3.05) is 33.2 Å². The zero-order valence-corrected chi connectivity index (χ0v) is 16.6. The number of carbonyl (C=O) groups excluding carboxylic acids is 1. The van der Waals surface area contributed by atoms with Crippen LogP contribution in [0.25, 0.3) is 0 Å². The van der Waals surface area contributed by atoms with Crippen LogP contribution in [-0.2, 0) is 13.5 Å². The first-order valence-electron chi connectivity index (χ1n) is 9.81. The summed E-state index contributed by atoms with van der Waals surface area (Å²) < 4.78 is 14.5. The molecule has 150 valence electrons. The number of likely N-dealkylation sites (tertiary alicyclic amines) is 1. The van der Waals surface area contributed by atoms with Crippen LogP contribution in [0.4, 0.5) is 4.39 Å². The van der Waals surface area contributed by atoms with Gasteiger partial charge in [0.2, 0.25) is 5.56 Å². The fraction of sp³-hybridized carbons (Fsp3) is 0.455. The molecule has 0 radical (unpaired) electrons. The Bertz CT molecular complexity index is 863. The van der Waals surface area contributed by atoms with Crippen LogP contribution in [0, 0.1) is 11.7 Å². The molecule has 1 atom stereocenters. The normalized spacial score (nSPS) is 17.5. The molecule has 1 aromatic heterocycles. The highest BCUT2D eigenvalue weighted by atomic mass is 19.1. The first kappa shape index (κ1) is 20.3. The molecular weight excluding hydrogens is 357 g/mol. The average Bonchev–Trinajstić information content (AvgIpc) is 2.69. The lowest BCUT2D eigenvalue weighted by Gasteiger charge is -2.34. The Hall–Kier alpha value is -2.47. The number of piperidine rings is 1. The van der Waals surface area contributed by atoms with E-state index < -0.39 is 0 Å². The van der Waals surface area contributed by atoms with E-state index in [1.807, 2.05) is 19.2 Å². The lowest BCUT2D eigenvalue weighted by molar-refractivity contribution is 0.0729. The second kappa shape index (κ2) is 9.15. The van der Waals surface area contributed by atoms with Crippen LogP contribution in [0.1, 0.15) is 28.8 Å². The largest absolute Gasteiger partial charge is 0.341 e. The van der Waals surface area contributed by atoms with E-state index in [1.54, 1.807) is 24.2 Å². The highest BCUT2D eigenvalue weighted by Crippen LogP contribution is 2.18. The molecule has 0 N–H and O–H groups in total. The molecule has 6 heteroatoms. The van der Waals surface area contributed by atoms with Gasteiger partial charge in [-0.25, -0.2) is 4.39 Å². The third-order valence-corrected chi connectivity index (χ3v) is 5.44. The molecule has 3 rings (SSSR count). The van der Waals surface area contributed by atoms with Crippen molar-refractivity contribution in [1.29, 1.82) is 0 Å². The predicted molar refractivity (Wildman–Crippen MR) is 108 cm³/mol. The lowest BCUT2D eigenvalue weighted by Crippen LogP contribution is -2.42. The zero-order valence-electron chi connectivity index (χ0n) is 16.6. The summed E-state index contributed by atoms with van der Waals surface area (Å²) in [6.07, 6.45) is 4.73. The summed E-state index contributed by atoms with van der Waals surface area (Å²) in [7, 11) is 3.48. The SMILES string of the molecule is CN(CC1CCCN(CCc2ccc(F)cc2)C1)C(=O)c1ccc(=O)n(C)c1. The van der Waals surface area contributed by atoms with Gasteiger partial charge < -0.3 is 14.4 Å². The second-order valence-electron chi connectivity index (χ2n) is 7.74. The van der Waals surface area contributed by atoms with Gasteiger partial charge in [-0.05, 0) is 55.5 Å². The zero-order chi connectivity index (χ0) is 20.1. The molecule has 1 unspecified atom stereocenters. The maximum atomic E-state index is 13.0. The van der Waals surface area contributed by atoms with Gasteiger partial charge in [-0.2, -0.15) is 0 Å². The van der Waals surface area contributed by atoms with Crippen molar-refractivity contribution in [3.05, 3.63) is 69.9 Å². The highest BCUT2D eigenvalue weighted by molar-refractivity contribution is 5.93. The first-order chi connectivity index (χ1) is 13.4. The van der Waals surface area contributed by atoms with Crippen molar-refractivity contribution in [3.63, 3.8) is 0 Å². The topological polar surface area (TPSA) is 45.6 Å². The Labute approximate surface area is 165 Å². The number of pyridine rings is 1. The number of amides is 1. The summed E-state index contributed by atoms with van der Waals surface area (Å²) in [5.41, 5.74) is 1.56. The second-order valence-corrected chi connectivity index (χ2v) is 7.74. The predicted octanol–water partition coefficient (Wildman–Crippen LogP) is 2.55. The van der Waals surface area contributed by atoms with Crippen LogP contribution in [0.5, 0.6) is 0 Å². The summed E-state index contributed by atoms with van der Waals surface area (Å²) in [6.45, 7) is 3.68. The monoisotopic (exact) mass is 385 g/mol. The molecule has 1 saturated heterocycles. The molecule has 5 nitrogen and oxygen atoms in total. The quantitative estimate of drug-likeness (QED) is 0.768. The van der Waals surface area contributed by atoms with E-state index in [2.05, 4.69) is 4.90 Å². The summed E-state index contributed by atoms with van der Waals surface area (Å²) in [4.78, 5) is 28.4. The molecule has 1 fully saturated rings. The van der Waals surface area contributed by atoms with Crippen LogP contribution in [-0.4, -0.2) is 53.5 Å². The Morgan fingerprint density at radius 1 is 1.21 bits per heavy atom. The molecule has 0 aliphatic carbocycles. The molecule has 0 spiro atoms. The maximum Gasteiger partial charge on any atom is 0.255 e. The van der Waals surface area contributed by atoms with E-state index in [0.717, 1.165) is 44.5 Å². The fourth-order valence-corrected chi connectivity index (χ4v) is 3.85. The van der Waals surface area contributed by atoms with Gasteiger partial charge in [0.1, 0.15) is 5.82 Å². The third-order valence-electron chi connectivity index (χ3n) is 5.44. The summed E-state index contributed by atoms with van der Waals surface area (Å²) in [5.74, 6) is 0.176. The molecule has 0 saturated carbocycles. The van der Waals surface area contributed by atoms with Gasteiger partial charge in [0.25, 0.3) is 5.91 Å². The lowest BCUT2D eigenvalue weighted by atomic mass is 9.97. The van der Waals surface area contributed by atoms with E-state index in [0.29, 0.717) is 18.0 Å². The van der Waals surface area contributed by atoms with Crippen LogP contribution in [0.15, 0.2) is 47.4 Å². The van der Waals surface area contributed by atoms with E-state index in [-0.39, 0.29) is 17.3 Å². The summed E-state index contributed by atoms with van der Waals surface area (Å²) >= 11 is 0. The van der Waals surface area contributed by atoms with E-state index in [4.69, 9.17) is 0 Å². The number of rotatable bonds is 6. The third kappa shape index (κ3) is 5.29. The van der Waals surface area contributed by atoms with Crippen molar-refractivity contribution in [2.45, 2.75) is 19.3 Å². The number of carbonyl (C=O) groups is 1. The number of hydrogen-bond donors (Lipinski definition) is 0. The molecule has 1 amide bonds. The Morgan fingerprint density at radius 2 is 1.96 bits per heavy atom. The van der Waals surface area contributed by atoms with Crippen LogP contribution >= 0.6 is 0 Å². The molecule has 2 heterocycles. The fourth-order valence-electron chi connectivity index (χ4n) is 3.85. The number of aromatic nitrogens is 1. The smallest absolute Gasteiger partial charge is 0.255 e. The number of hydrogen-bond acceptors (Lipinski definition) is 3. The van der Waals surface area contributed by atoms with Crippen molar-refractivity contribution >= 4 is 5.91 Å². The molecular formula is C22H28FN3O2. The number of halogens is 1. The summed E-state index contributed by atoms with van der Waals surface area (Å²) in [6, 6.07) is 9.73. The van der Waals surface area contributed by atoms with Crippen LogP contribution < -0.4 is 5.56 Å². The van der Waals surface area contributed by atoms with Crippen LogP contribution in [0.2, 0.25) is 0 Å². The van der Waals surface area contributed by atoms with E-state index in [9.17, 15) is 14.0 Å². The van der Waals surface area contributed by atoms with Crippen molar-refractivity contribution in [2.24, 2.45) is 13.0 Å². The highest BCUT2D eigenvalue weighted by Gasteiger charge is 2.23. The van der Waals surface area contributed by atoms with Gasteiger partial charge in [0, 0.05) is 46.0 Å². The van der Waals surface area contributed by atoms with Gasteiger partial charge in [-0.3, -0.25) is 9.59 Å². The Morgan fingerprint density at radius 3 is 2.68 bits per heavy atom. The van der Waals surface area contributed by atoms with Gasteiger partial charge in [-0.1, -0.05) is 12.1 Å². The van der Waals surface area contributed by atoms with Gasteiger partial charge >= 0.3 is 0 Å². The molecule has 1 aliphatic heterocycles. The van der Waals surface area contributed by atoms with E-state index >= 15 is 0 Å². The molecule has 2 aromatic rings. The van der Waals surface area contributed by atoms with Crippen LogP contribution in [0.3, 0.4) is 0 Å². The van der Waals surface area contributed by atoms with Gasteiger partial charge in [0.15, 0.2) is 0 Å². The minimum Gasteiger partial charge on any atom is -0.341 e. The van der Waals surface area contributed by atoms with E-state index in [1.165, 1.54) is 22.8 Å². The minimum atomic E-state index is -0.201. The summed E-state index contributed by atoms with van der Waals surface area (Å²) in [5, 5.41) is 0. The standard InChI is InChI=1S/C22H28FN3O2/c1-24-16-19(7-10-21(24)27)22(28)25(2)14-18-4-3-12-26(15-18)13-11-17-5-8-20(23)9-6-17/h5-10,16,18H,3-4,11-15H2,1-2H3. The molecule has 28 heavy (non-hydrogen) atoms. The first-order valence-corrected chi connectivity index (χ1v) is 9.81. The van der Waals surface area contributed by atoms with Gasteiger partial charge in [-0.15, -0.1) is 0 Å².